The predicted octanol–water partition coefficient (Wildman–Crippen LogP) is 4.74. The lowest BCUT2D eigenvalue weighted by molar-refractivity contribution is -0.120. The quantitative estimate of drug-likeness (QED) is 0.642. The van der Waals surface area contributed by atoms with Crippen LogP contribution in [0, 0.1) is 6.92 Å². The van der Waals surface area contributed by atoms with Crippen LogP contribution in [0.25, 0.3) is 0 Å². The molecule has 3 rings (SSSR count). The van der Waals surface area contributed by atoms with Crippen LogP contribution in [0.3, 0.4) is 0 Å². The minimum Gasteiger partial charge on any atom is -0.326 e. The Balaban J connectivity index is 1.75. The summed E-state index contributed by atoms with van der Waals surface area (Å²) in [5, 5.41) is 5.48. The van der Waals surface area contributed by atoms with E-state index in [9.17, 15) is 9.59 Å². The molecule has 0 saturated heterocycles. The SMILES string of the molecule is Cc1cccc(N(Cc2ccccc2)C(=O)[C@H](C)NC(=O)Nc2ccccc2)c1. The molecule has 0 aromatic heterocycles. The number of urea groups is 1. The van der Waals surface area contributed by atoms with Gasteiger partial charge in [0.1, 0.15) is 6.04 Å². The van der Waals surface area contributed by atoms with Crippen molar-refractivity contribution in [1.29, 1.82) is 0 Å². The van der Waals surface area contributed by atoms with Gasteiger partial charge in [0.05, 0.1) is 6.54 Å². The first-order valence-electron chi connectivity index (χ1n) is 9.57. The van der Waals surface area contributed by atoms with Gasteiger partial charge in [0.25, 0.3) is 0 Å². The highest BCUT2D eigenvalue weighted by molar-refractivity contribution is 6.00. The smallest absolute Gasteiger partial charge is 0.319 e. The number of anilines is 2. The molecule has 0 aliphatic carbocycles. The highest BCUT2D eigenvalue weighted by atomic mass is 16.2. The zero-order valence-electron chi connectivity index (χ0n) is 16.6. The van der Waals surface area contributed by atoms with Crippen molar-refractivity contribution in [2.24, 2.45) is 0 Å². The van der Waals surface area contributed by atoms with Gasteiger partial charge in [-0.15, -0.1) is 0 Å². The summed E-state index contributed by atoms with van der Waals surface area (Å²) in [5.41, 5.74) is 3.56. The van der Waals surface area contributed by atoms with E-state index in [1.165, 1.54) is 0 Å². The van der Waals surface area contributed by atoms with Crippen LogP contribution < -0.4 is 15.5 Å². The summed E-state index contributed by atoms with van der Waals surface area (Å²) in [6, 6.07) is 25.6. The fourth-order valence-corrected chi connectivity index (χ4v) is 3.04. The molecule has 3 aromatic rings. The molecule has 0 aliphatic rings. The fourth-order valence-electron chi connectivity index (χ4n) is 3.04. The summed E-state index contributed by atoms with van der Waals surface area (Å²) in [5.74, 6) is -0.178. The van der Waals surface area contributed by atoms with Crippen LogP contribution in [0.2, 0.25) is 0 Å². The lowest BCUT2D eigenvalue weighted by Gasteiger charge is -2.27. The first-order chi connectivity index (χ1) is 14.0. The van der Waals surface area contributed by atoms with Crippen LogP contribution in [0.1, 0.15) is 18.1 Å². The maximum Gasteiger partial charge on any atom is 0.319 e. The fraction of sp³-hybridized carbons (Fsp3) is 0.167. The molecular weight excluding hydrogens is 362 g/mol. The molecule has 3 amide bonds. The Kier molecular flexibility index (Phi) is 6.63. The molecule has 0 bridgehead atoms. The van der Waals surface area contributed by atoms with Crippen LogP contribution in [-0.4, -0.2) is 18.0 Å². The molecule has 2 N–H and O–H groups in total. The van der Waals surface area contributed by atoms with Crippen LogP contribution >= 0.6 is 0 Å². The van der Waals surface area contributed by atoms with E-state index < -0.39 is 12.1 Å². The molecule has 0 radical (unpaired) electrons. The lowest BCUT2D eigenvalue weighted by atomic mass is 10.1. The Bertz CT molecular complexity index is 958. The topological polar surface area (TPSA) is 61.4 Å². The third-order valence-electron chi connectivity index (χ3n) is 4.51. The van der Waals surface area contributed by atoms with E-state index in [-0.39, 0.29) is 5.91 Å². The van der Waals surface area contributed by atoms with Gasteiger partial charge in [0.15, 0.2) is 0 Å². The van der Waals surface area contributed by atoms with Gasteiger partial charge in [-0.05, 0) is 49.2 Å². The van der Waals surface area contributed by atoms with Crippen LogP contribution in [0.5, 0.6) is 0 Å². The maximum atomic E-state index is 13.2. The number of amides is 3. The van der Waals surface area contributed by atoms with Crippen molar-refractivity contribution in [2.45, 2.75) is 26.4 Å². The Morgan fingerprint density at radius 3 is 2.21 bits per heavy atom. The first-order valence-corrected chi connectivity index (χ1v) is 9.57. The van der Waals surface area contributed by atoms with Crippen molar-refractivity contribution in [1.82, 2.24) is 5.32 Å². The molecule has 5 nitrogen and oxygen atoms in total. The minimum atomic E-state index is -0.692. The lowest BCUT2D eigenvalue weighted by Crippen LogP contribution is -2.48. The summed E-state index contributed by atoms with van der Waals surface area (Å²) in [7, 11) is 0. The van der Waals surface area contributed by atoms with Gasteiger partial charge in [-0.3, -0.25) is 4.79 Å². The second kappa shape index (κ2) is 9.55. The molecule has 1 atom stereocenters. The average molecular weight is 387 g/mol. The number of carbonyl (C=O) groups is 2. The number of hydrogen-bond donors (Lipinski definition) is 2. The zero-order chi connectivity index (χ0) is 20.6. The van der Waals surface area contributed by atoms with Gasteiger partial charge in [0.2, 0.25) is 5.91 Å². The summed E-state index contributed by atoms with van der Waals surface area (Å²) in [6.07, 6.45) is 0. The summed E-state index contributed by atoms with van der Waals surface area (Å²) >= 11 is 0. The van der Waals surface area contributed by atoms with Gasteiger partial charge >= 0.3 is 6.03 Å². The molecule has 0 aliphatic heterocycles. The highest BCUT2D eigenvalue weighted by Crippen LogP contribution is 2.20. The van der Waals surface area contributed by atoms with Crippen molar-refractivity contribution in [2.75, 3.05) is 10.2 Å². The second-order valence-electron chi connectivity index (χ2n) is 6.94. The number of benzene rings is 3. The van der Waals surface area contributed by atoms with Crippen molar-refractivity contribution < 1.29 is 9.59 Å². The molecule has 0 heterocycles. The minimum absolute atomic E-state index is 0.178. The summed E-state index contributed by atoms with van der Waals surface area (Å²) in [4.78, 5) is 27.2. The number of carbonyl (C=O) groups excluding carboxylic acids is 2. The Morgan fingerprint density at radius 2 is 1.55 bits per heavy atom. The van der Waals surface area contributed by atoms with Crippen molar-refractivity contribution in [3.63, 3.8) is 0 Å². The van der Waals surface area contributed by atoms with Gasteiger partial charge in [-0.1, -0.05) is 60.7 Å². The van der Waals surface area contributed by atoms with E-state index in [1.807, 2.05) is 79.7 Å². The third kappa shape index (κ3) is 5.69. The molecule has 148 valence electrons. The Hall–Kier alpha value is -3.60. The number of aryl methyl sites for hydroxylation is 1. The first kappa shape index (κ1) is 20.1. The molecule has 29 heavy (non-hydrogen) atoms. The molecule has 0 spiro atoms. The van der Waals surface area contributed by atoms with Crippen LogP contribution in [-0.2, 0) is 11.3 Å². The van der Waals surface area contributed by atoms with E-state index in [0.717, 1.165) is 16.8 Å². The molecule has 5 heteroatoms. The van der Waals surface area contributed by atoms with E-state index >= 15 is 0 Å². The van der Waals surface area contributed by atoms with Crippen LogP contribution in [0.15, 0.2) is 84.9 Å². The number of hydrogen-bond acceptors (Lipinski definition) is 2. The van der Waals surface area contributed by atoms with Gasteiger partial charge in [-0.25, -0.2) is 4.79 Å². The monoisotopic (exact) mass is 387 g/mol. The standard InChI is InChI=1S/C24H25N3O2/c1-18-10-9-15-22(16-18)27(17-20-11-5-3-6-12-20)23(28)19(2)25-24(29)26-21-13-7-4-8-14-21/h3-16,19H,17H2,1-2H3,(H2,25,26,29)/t19-/m0/s1. The number of nitrogens with zero attached hydrogens (tertiary/aromatic N) is 1. The average Bonchev–Trinajstić information content (AvgIpc) is 2.73. The van der Waals surface area contributed by atoms with Crippen molar-refractivity contribution in [3.05, 3.63) is 96.1 Å². The summed E-state index contributed by atoms with van der Waals surface area (Å²) < 4.78 is 0. The van der Waals surface area contributed by atoms with E-state index in [0.29, 0.717) is 12.2 Å². The molecule has 0 unspecified atom stereocenters. The predicted molar refractivity (Wildman–Crippen MR) is 117 cm³/mol. The Labute approximate surface area is 171 Å². The van der Waals surface area contributed by atoms with Gasteiger partial charge < -0.3 is 15.5 Å². The largest absolute Gasteiger partial charge is 0.326 e. The van der Waals surface area contributed by atoms with E-state index in [4.69, 9.17) is 0 Å². The highest BCUT2D eigenvalue weighted by Gasteiger charge is 2.24. The third-order valence-corrected chi connectivity index (χ3v) is 4.51. The number of para-hydroxylation sites is 1. The molecule has 3 aromatic carbocycles. The van der Waals surface area contributed by atoms with Crippen LogP contribution in [0.4, 0.5) is 16.2 Å². The van der Waals surface area contributed by atoms with Gasteiger partial charge in [-0.2, -0.15) is 0 Å². The van der Waals surface area contributed by atoms with Gasteiger partial charge in [0, 0.05) is 11.4 Å². The number of rotatable bonds is 6. The maximum absolute atomic E-state index is 13.2. The second-order valence-corrected chi connectivity index (χ2v) is 6.94. The molecular formula is C24H25N3O2. The normalized spacial score (nSPS) is 11.4. The molecule has 0 fully saturated rings. The van der Waals surface area contributed by atoms with E-state index in [1.54, 1.807) is 24.0 Å². The van der Waals surface area contributed by atoms with Crippen molar-refractivity contribution in [3.8, 4) is 0 Å². The van der Waals surface area contributed by atoms with Crippen molar-refractivity contribution >= 4 is 23.3 Å². The Morgan fingerprint density at radius 1 is 0.897 bits per heavy atom. The van der Waals surface area contributed by atoms with E-state index in [2.05, 4.69) is 10.6 Å². The zero-order valence-corrected chi connectivity index (χ0v) is 16.6. The number of nitrogens with one attached hydrogen (secondary N) is 2. The summed E-state index contributed by atoms with van der Waals surface area (Å²) in [6.45, 7) is 4.11. The molecule has 0 saturated carbocycles.